The van der Waals surface area contributed by atoms with E-state index in [-0.39, 0.29) is 39.1 Å². The number of rotatable bonds is 4. The first kappa shape index (κ1) is 24.2. The van der Waals surface area contributed by atoms with Gasteiger partial charge < -0.3 is 21.4 Å². The van der Waals surface area contributed by atoms with E-state index in [2.05, 4.69) is 20.3 Å². The van der Waals surface area contributed by atoms with Gasteiger partial charge in [0.05, 0.1) is 33.4 Å². The summed E-state index contributed by atoms with van der Waals surface area (Å²) in [5.74, 6) is 0. The van der Waals surface area contributed by atoms with E-state index in [1.54, 1.807) is 17.0 Å². The molecule has 0 atom stereocenters. The highest BCUT2D eigenvalue weighted by Gasteiger charge is 2.36. The zero-order chi connectivity index (χ0) is 26.3. The monoisotopic (exact) mass is 510 g/mol. The lowest BCUT2D eigenvalue weighted by molar-refractivity contribution is -0.137. The van der Waals surface area contributed by atoms with Gasteiger partial charge >= 0.3 is 11.9 Å². The molecule has 1 aromatic carbocycles. The molecule has 1 aliphatic rings. The summed E-state index contributed by atoms with van der Waals surface area (Å²) < 4.78 is 43.6. The summed E-state index contributed by atoms with van der Waals surface area (Å²) in [6.07, 6.45) is -1.30. The van der Waals surface area contributed by atoms with Crippen molar-refractivity contribution < 1.29 is 13.2 Å². The molecule has 0 unspecified atom stereocenters. The largest absolute Gasteiger partial charge is 0.418 e. The Morgan fingerprint density at radius 3 is 2.57 bits per heavy atom. The third kappa shape index (κ3) is 4.22. The zero-order valence-corrected chi connectivity index (χ0v) is 19.3. The van der Waals surface area contributed by atoms with Crippen LogP contribution >= 0.6 is 0 Å². The van der Waals surface area contributed by atoms with Crippen LogP contribution in [0.3, 0.4) is 0 Å². The quantitative estimate of drug-likeness (QED) is 0.243. The van der Waals surface area contributed by atoms with E-state index in [4.69, 9.17) is 11.1 Å². The highest BCUT2D eigenvalue weighted by Crippen LogP contribution is 2.38. The molecule has 37 heavy (non-hydrogen) atoms. The van der Waals surface area contributed by atoms with Crippen LogP contribution in [0.1, 0.15) is 11.3 Å². The molecule has 190 valence electrons. The van der Waals surface area contributed by atoms with Crippen LogP contribution in [-0.2, 0) is 6.18 Å². The molecule has 4 heterocycles. The maximum absolute atomic E-state index is 14.2. The number of alkyl halides is 3. The molecule has 1 saturated heterocycles. The molecule has 0 spiro atoms. The SMILES string of the molecule is N=CC(=CN)c1ccc2ncc3c(=O)[nH]c(=O)n(-c4ccc(N5CCNCC5)c(C(F)(F)F)c4)c3c2n1. The number of allylic oxidation sites excluding steroid dienone is 1. The van der Waals surface area contributed by atoms with Crippen molar-refractivity contribution >= 4 is 39.4 Å². The van der Waals surface area contributed by atoms with Gasteiger partial charge in [-0.05, 0) is 30.3 Å². The topological polar surface area (TPSA) is 146 Å². The number of nitrogens with one attached hydrogen (secondary N) is 3. The predicted molar refractivity (Wildman–Crippen MR) is 134 cm³/mol. The molecule has 0 saturated carbocycles. The van der Waals surface area contributed by atoms with Crippen molar-refractivity contribution in [3.63, 3.8) is 0 Å². The summed E-state index contributed by atoms with van der Waals surface area (Å²) in [4.78, 5) is 38.2. The Bertz CT molecular complexity index is 1680. The molecule has 3 aromatic heterocycles. The molecule has 0 radical (unpaired) electrons. The number of piperazine rings is 1. The molecule has 0 amide bonds. The van der Waals surface area contributed by atoms with Gasteiger partial charge in [-0.3, -0.25) is 19.3 Å². The number of hydrogen-bond acceptors (Lipinski definition) is 8. The average Bonchev–Trinajstić information content (AvgIpc) is 2.89. The minimum atomic E-state index is -4.70. The lowest BCUT2D eigenvalue weighted by Crippen LogP contribution is -2.44. The first-order valence-electron chi connectivity index (χ1n) is 11.3. The average molecular weight is 510 g/mol. The fraction of sp³-hybridized carbons (Fsp3) is 0.208. The number of aromatic nitrogens is 4. The fourth-order valence-corrected chi connectivity index (χ4v) is 4.45. The van der Waals surface area contributed by atoms with Gasteiger partial charge in [-0.15, -0.1) is 0 Å². The van der Waals surface area contributed by atoms with Gasteiger partial charge in [0.15, 0.2) is 0 Å². The smallest absolute Gasteiger partial charge is 0.404 e. The minimum Gasteiger partial charge on any atom is -0.404 e. The standard InChI is InChI=1S/C24H21F3N8O2/c25-24(26,27)16-9-14(1-4-19(16)34-7-5-30-6-8-34)35-21-15(22(36)33-23(35)37)12-31-18-3-2-17(32-20(18)21)13(10-28)11-29/h1-4,9-12,28,30H,5-8,29H2,(H,33,36,37). The Labute approximate surface area is 206 Å². The zero-order valence-electron chi connectivity index (χ0n) is 19.3. The lowest BCUT2D eigenvalue weighted by Gasteiger charge is -2.31. The van der Waals surface area contributed by atoms with Crippen molar-refractivity contribution in [2.75, 3.05) is 31.1 Å². The maximum atomic E-state index is 14.2. The maximum Gasteiger partial charge on any atom is 0.418 e. The van der Waals surface area contributed by atoms with Gasteiger partial charge in [-0.2, -0.15) is 13.2 Å². The minimum absolute atomic E-state index is 0.00926. The van der Waals surface area contributed by atoms with Crippen LogP contribution in [0.2, 0.25) is 0 Å². The number of nitrogens with two attached hydrogens (primary N) is 1. The van der Waals surface area contributed by atoms with Crippen LogP contribution in [0, 0.1) is 5.41 Å². The summed E-state index contributed by atoms with van der Waals surface area (Å²) in [6.45, 7) is 1.89. The Morgan fingerprint density at radius 2 is 1.89 bits per heavy atom. The van der Waals surface area contributed by atoms with Crippen molar-refractivity contribution in [3.8, 4) is 5.69 Å². The molecule has 4 aromatic rings. The van der Waals surface area contributed by atoms with Gasteiger partial charge in [-0.1, -0.05) is 0 Å². The third-order valence-corrected chi connectivity index (χ3v) is 6.21. The van der Waals surface area contributed by atoms with Gasteiger partial charge in [-0.25, -0.2) is 9.78 Å². The van der Waals surface area contributed by atoms with E-state index in [1.165, 1.54) is 24.5 Å². The van der Waals surface area contributed by atoms with Crippen molar-refractivity contribution in [2.45, 2.75) is 6.18 Å². The molecule has 1 fully saturated rings. The summed E-state index contributed by atoms with van der Waals surface area (Å²) in [7, 11) is 0. The Morgan fingerprint density at radius 1 is 1.14 bits per heavy atom. The van der Waals surface area contributed by atoms with Crippen molar-refractivity contribution in [1.82, 2.24) is 24.8 Å². The predicted octanol–water partition coefficient (Wildman–Crippen LogP) is 2.00. The van der Waals surface area contributed by atoms with Gasteiger partial charge in [0.1, 0.15) is 5.52 Å². The second-order valence-electron chi connectivity index (χ2n) is 8.38. The summed E-state index contributed by atoms with van der Waals surface area (Å²) in [6, 6.07) is 6.76. The van der Waals surface area contributed by atoms with Crippen LogP contribution in [-0.4, -0.2) is 51.9 Å². The van der Waals surface area contributed by atoms with Crippen molar-refractivity contribution in [3.05, 3.63) is 74.8 Å². The number of fused-ring (bicyclic) bond motifs is 3. The number of H-pyrrole nitrogens is 1. The van der Waals surface area contributed by atoms with Gasteiger partial charge in [0.2, 0.25) is 0 Å². The number of anilines is 1. The van der Waals surface area contributed by atoms with E-state index in [0.717, 1.165) is 16.8 Å². The highest BCUT2D eigenvalue weighted by molar-refractivity contribution is 6.09. The second kappa shape index (κ2) is 9.17. The van der Waals surface area contributed by atoms with E-state index >= 15 is 0 Å². The van der Waals surface area contributed by atoms with Crippen molar-refractivity contribution in [1.29, 1.82) is 5.41 Å². The summed E-state index contributed by atoms with van der Waals surface area (Å²) in [5.41, 5.74) is 3.82. The highest BCUT2D eigenvalue weighted by atomic mass is 19.4. The van der Waals surface area contributed by atoms with Crippen LogP contribution in [0.25, 0.3) is 33.2 Å². The molecule has 1 aliphatic heterocycles. The van der Waals surface area contributed by atoms with E-state index in [9.17, 15) is 22.8 Å². The van der Waals surface area contributed by atoms with Crippen LogP contribution in [0.4, 0.5) is 18.9 Å². The lowest BCUT2D eigenvalue weighted by atomic mass is 10.1. The Kier molecular flexibility index (Phi) is 5.99. The van der Waals surface area contributed by atoms with Crippen LogP contribution < -0.4 is 27.2 Å². The van der Waals surface area contributed by atoms with E-state index in [0.29, 0.717) is 31.7 Å². The number of pyridine rings is 2. The number of halogens is 3. The molecule has 0 aliphatic carbocycles. The number of hydrogen-bond donors (Lipinski definition) is 4. The molecular formula is C24H21F3N8O2. The Hall–Kier alpha value is -4.52. The molecule has 10 nitrogen and oxygen atoms in total. The molecular weight excluding hydrogens is 489 g/mol. The van der Waals surface area contributed by atoms with Crippen LogP contribution in [0.15, 0.2) is 52.3 Å². The summed E-state index contributed by atoms with van der Waals surface area (Å²) >= 11 is 0. The normalized spacial score (nSPS) is 14.9. The van der Waals surface area contributed by atoms with Gasteiger partial charge in [0, 0.05) is 56.1 Å². The van der Waals surface area contributed by atoms with E-state index in [1.807, 2.05) is 0 Å². The van der Waals surface area contributed by atoms with E-state index < -0.39 is 23.0 Å². The number of nitrogens with zero attached hydrogens (tertiary/aromatic N) is 4. The summed E-state index contributed by atoms with van der Waals surface area (Å²) in [5, 5.41) is 10.6. The molecule has 13 heteroatoms. The first-order valence-corrected chi connectivity index (χ1v) is 11.3. The molecule has 5 rings (SSSR count). The number of aromatic amines is 1. The van der Waals surface area contributed by atoms with Crippen LogP contribution in [0.5, 0.6) is 0 Å². The number of benzene rings is 1. The van der Waals surface area contributed by atoms with Gasteiger partial charge in [0.25, 0.3) is 5.56 Å². The Balaban J connectivity index is 1.84. The fourth-order valence-electron chi connectivity index (χ4n) is 4.45. The first-order chi connectivity index (χ1) is 17.7. The molecule has 0 bridgehead atoms. The molecule has 5 N–H and O–H groups in total. The second-order valence-corrected chi connectivity index (χ2v) is 8.38. The van der Waals surface area contributed by atoms with Crippen molar-refractivity contribution in [2.24, 2.45) is 5.73 Å². The third-order valence-electron chi connectivity index (χ3n) is 6.21.